The predicted molar refractivity (Wildman–Crippen MR) is 126 cm³/mol. The van der Waals surface area contributed by atoms with Crippen LogP contribution in [0.1, 0.15) is 50.9 Å². The normalized spacial score (nSPS) is 19.0. The first-order valence-corrected chi connectivity index (χ1v) is 11.5. The summed E-state index contributed by atoms with van der Waals surface area (Å²) >= 11 is 0. The van der Waals surface area contributed by atoms with Gasteiger partial charge in [-0.1, -0.05) is 20.8 Å². The molecule has 1 aliphatic rings. The van der Waals surface area contributed by atoms with Crippen LogP contribution in [0.4, 0.5) is 4.79 Å². The number of nitrogens with one attached hydrogen (secondary N) is 1. The van der Waals surface area contributed by atoms with Gasteiger partial charge in [-0.2, -0.15) is 5.10 Å². The van der Waals surface area contributed by atoms with E-state index in [-0.39, 0.29) is 17.4 Å². The summed E-state index contributed by atoms with van der Waals surface area (Å²) in [5.41, 5.74) is 1.10. The number of hydrogen-bond donors (Lipinski definition) is 2. The fourth-order valence-corrected chi connectivity index (χ4v) is 4.57. The SMILES string of the molecule is CCOc1c(C(=O)NCCOC)ccc2nn(CC3CCN(C(=O)O)C(C(C)(C)C)C3)cc12. The van der Waals surface area contributed by atoms with Gasteiger partial charge in [0.15, 0.2) is 0 Å². The van der Waals surface area contributed by atoms with Crippen molar-refractivity contribution in [2.24, 2.45) is 11.3 Å². The molecule has 0 radical (unpaired) electrons. The largest absolute Gasteiger partial charge is 0.492 e. The minimum absolute atomic E-state index is 0.0416. The highest BCUT2D eigenvalue weighted by Crippen LogP contribution is 2.36. The number of carboxylic acid groups (broad SMARTS) is 1. The van der Waals surface area contributed by atoms with Gasteiger partial charge in [-0.15, -0.1) is 0 Å². The molecule has 9 nitrogen and oxygen atoms in total. The van der Waals surface area contributed by atoms with E-state index in [4.69, 9.17) is 14.6 Å². The number of likely N-dealkylation sites (tertiary alicyclic amines) is 1. The second kappa shape index (κ2) is 10.4. The Morgan fingerprint density at radius 1 is 1.30 bits per heavy atom. The summed E-state index contributed by atoms with van der Waals surface area (Å²) in [6.07, 6.45) is 2.66. The molecule has 1 aromatic carbocycles. The van der Waals surface area contributed by atoms with E-state index in [0.29, 0.717) is 50.1 Å². The number of nitrogens with zero attached hydrogens (tertiary/aromatic N) is 3. The second-order valence-electron chi connectivity index (χ2n) is 9.66. The van der Waals surface area contributed by atoms with E-state index in [0.717, 1.165) is 23.7 Å². The molecule has 0 saturated carbocycles. The third-order valence-corrected chi connectivity index (χ3v) is 6.21. The summed E-state index contributed by atoms with van der Waals surface area (Å²) in [4.78, 5) is 26.0. The Hall–Kier alpha value is -2.81. The molecule has 182 valence electrons. The third-order valence-electron chi connectivity index (χ3n) is 6.21. The zero-order valence-electron chi connectivity index (χ0n) is 20.3. The summed E-state index contributed by atoms with van der Waals surface area (Å²) in [5, 5.41) is 18.0. The topological polar surface area (TPSA) is 106 Å². The first kappa shape index (κ1) is 24.8. The molecule has 1 aliphatic heterocycles. The van der Waals surface area contributed by atoms with Crippen molar-refractivity contribution in [3.63, 3.8) is 0 Å². The average Bonchev–Trinajstić information content (AvgIpc) is 3.16. The van der Waals surface area contributed by atoms with Gasteiger partial charge in [0, 0.05) is 39.0 Å². The van der Waals surface area contributed by atoms with Crippen LogP contribution in [-0.2, 0) is 11.3 Å². The van der Waals surface area contributed by atoms with Gasteiger partial charge in [-0.3, -0.25) is 9.48 Å². The molecule has 2 atom stereocenters. The fraction of sp³-hybridized carbons (Fsp3) is 0.625. The lowest BCUT2D eigenvalue weighted by molar-refractivity contribution is 0.0367. The number of hydrogen-bond acceptors (Lipinski definition) is 5. The Balaban J connectivity index is 1.82. The number of benzene rings is 1. The molecule has 2 amide bonds. The van der Waals surface area contributed by atoms with Gasteiger partial charge in [0.05, 0.1) is 29.7 Å². The van der Waals surface area contributed by atoms with Gasteiger partial charge in [0.2, 0.25) is 0 Å². The Morgan fingerprint density at radius 2 is 2.06 bits per heavy atom. The van der Waals surface area contributed by atoms with Crippen molar-refractivity contribution in [1.29, 1.82) is 0 Å². The maximum atomic E-state index is 12.7. The van der Waals surface area contributed by atoms with Crippen LogP contribution < -0.4 is 10.1 Å². The van der Waals surface area contributed by atoms with E-state index < -0.39 is 6.09 Å². The molecular weight excluding hydrogens is 424 g/mol. The van der Waals surface area contributed by atoms with Crippen LogP contribution in [0.25, 0.3) is 10.9 Å². The predicted octanol–water partition coefficient (Wildman–Crippen LogP) is 3.62. The number of methoxy groups -OCH3 is 1. The van der Waals surface area contributed by atoms with Crippen molar-refractivity contribution in [3.05, 3.63) is 23.9 Å². The van der Waals surface area contributed by atoms with Crippen molar-refractivity contribution in [3.8, 4) is 5.75 Å². The molecule has 3 rings (SSSR count). The molecule has 2 heterocycles. The van der Waals surface area contributed by atoms with Gasteiger partial charge in [-0.05, 0) is 43.2 Å². The summed E-state index contributed by atoms with van der Waals surface area (Å²) in [5.74, 6) is 0.634. The Morgan fingerprint density at radius 3 is 2.70 bits per heavy atom. The minimum atomic E-state index is -0.851. The smallest absolute Gasteiger partial charge is 0.407 e. The standard InChI is InChI=1S/C24H36N4O5/c1-6-33-21-17(22(29)25-10-12-32-5)7-8-19-18(21)15-27(26-19)14-16-9-11-28(23(30)31)20(13-16)24(2,3)4/h7-8,15-16,20H,6,9-14H2,1-5H3,(H,25,29)(H,30,31). The summed E-state index contributed by atoms with van der Waals surface area (Å²) < 4.78 is 12.8. The number of rotatable bonds is 8. The first-order valence-electron chi connectivity index (χ1n) is 11.5. The lowest BCUT2D eigenvalue weighted by Crippen LogP contribution is -2.52. The maximum absolute atomic E-state index is 12.7. The van der Waals surface area contributed by atoms with E-state index in [2.05, 4.69) is 26.1 Å². The third kappa shape index (κ3) is 5.76. The van der Waals surface area contributed by atoms with E-state index in [1.54, 1.807) is 18.1 Å². The molecule has 2 unspecified atom stereocenters. The first-order chi connectivity index (χ1) is 15.7. The molecule has 9 heteroatoms. The molecule has 1 fully saturated rings. The summed E-state index contributed by atoms with van der Waals surface area (Å²) in [7, 11) is 1.59. The number of piperidine rings is 1. The molecule has 1 aromatic heterocycles. The van der Waals surface area contributed by atoms with Crippen molar-refractivity contribution in [2.75, 3.05) is 33.4 Å². The number of carbonyl (C=O) groups excluding carboxylic acids is 1. The molecule has 33 heavy (non-hydrogen) atoms. The molecule has 0 aliphatic carbocycles. The molecule has 0 spiro atoms. The van der Waals surface area contributed by atoms with E-state index in [9.17, 15) is 14.7 Å². The van der Waals surface area contributed by atoms with Crippen molar-refractivity contribution < 1.29 is 24.2 Å². The van der Waals surface area contributed by atoms with Crippen LogP contribution in [0.15, 0.2) is 18.3 Å². The van der Waals surface area contributed by atoms with Crippen LogP contribution in [0.5, 0.6) is 5.75 Å². The molecular formula is C24H36N4O5. The molecule has 1 saturated heterocycles. The Bertz CT molecular complexity index is 981. The van der Waals surface area contributed by atoms with E-state index in [1.165, 1.54) is 0 Å². The average molecular weight is 461 g/mol. The minimum Gasteiger partial charge on any atom is -0.492 e. The summed E-state index contributed by atoms with van der Waals surface area (Å²) in [6, 6.07) is 3.54. The van der Waals surface area contributed by atoms with Crippen LogP contribution in [0.3, 0.4) is 0 Å². The van der Waals surface area contributed by atoms with Gasteiger partial charge in [0.1, 0.15) is 5.75 Å². The maximum Gasteiger partial charge on any atom is 0.407 e. The number of fused-ring (bicyclic) bond motifs is 1. The highest BCUT2D eigenvalue weighted by molar-refractivity contribution is 6.03. The quantitative estimate of drug-likeness (QED) is 0.583. The second-order valence-corrected chi connectivity index (χ2v) is 9.66. The van der Waals surface area contributed by atoms with Gasteiger partial charge in [-0.25, -0.2) is 4.79 Å². The Labute approximate surface area is 195 Å². The lowest BCUT2D eigenvalue weighted by Gasteiger charge is -2.44. The fourth-order valence-electron chi connectivity index (χ4n) is 4.57. The van der Waals surface area contributed by atoms with Gasteiger partial charge < -0.3 is 24.8 Å². The van der Waals surface area contributed by atoms with Crippen LogP contribution in [-0.4, -0.2) is 71.2 Å². The lowest BCUT2D eigenvalue weighted by atomic mass is 9.77. The number of amides is 2. The van der Waals surface area contributed by atoms with Gasteiger partial charge >= 0.3 is 6.09 Å². The highest BCUT2D eigenvalue weighted by atomic mass is 16.5. The van der Waals surface area contributed by atoms with Crippen molar-refractivity contribution in [2.45, 2.75) is 53.1 Å². The Kier molecular flexibility index (Phi) is 7.84. The monoisotopic (exact) mass is 460 g/mol. The van der Waals surface area contributed by atoms with Crippen molar-refractivity contribution in [1.82, 2.24) is 20.0 Å². The molecule has 2 N–H and O–H groups in total. The highest BCUT2D eigenvalue weighted by Gasteiger charge is 2.38. The number of aromatic nitrogens is 2. The molecule has 0 bridgehead atoms. The number of ether oxygens (including phenoxy) is 2. The zero-order valence-corrected chi connectivity index (χ0v) is 20.3. The zero-order chi connectivity index (χ0) is 24.2. The van der Waals surface area contributed by atoms with Crippen LogP contribution >= 0.6 is 0 Å². The summed E-state index contributed by atoms with van der Waals surface area (Å²) in [6.45, 7) is 10.7. The number of carbonyl (C=O) groups is 2. The van der Waals surface area contributed by atoms with Crippen LogP contribution in [0, 0.1) is 11.3 Å². The molecule has 2 aromatic rings. The van der Waals surface area contributed by atoms with Crippen LogP contribution in [0.2, 0.25) is 0 Å². The van der Waals surface area contributed by atoms with Gasteiger partial charge in [0.25, 0.3) is 5.91 Å². The van der Waals surface area contributed by atoms with Crippen molar-refractivity contribution >= 4 is 22.9 Å². The van der Waals surface area contributed by atoms with E-state index >= 15 is 0 Å². The van der Waals surface area contributed by atoms with E-state index in [1.807, 2.05) is 23.9 Å².